The first kappa shape index (κ1) is 18.0. The van der Waals surface area contributed by atoms with Crippen LogP contribution in [0.3, 0.4) is 0 Å². The SMILES string of the molecule is Cc1ccc(C(=O)C(C)OC(=O)c2sc(-c3ccccc3)nc2C)cc1. The van der Waals surface area contributed by atoms with E-state index in [1.165, 1.54) is 11.3 Å². The summed E-state index contributed by atoms with van der Waals surface area (Å²) in [5.41, 5.74) is 3.15. The van der Waals surface area contributed by atoms with Gasteiger partial charge in [0, 0.05) is 11.1 Å². The fourth-order valence-corrected chi connectivity index (χ4v) is 3.46. The van der Waals surface area contributed by atoms with Gasteiger partial charge in [-0.2, -0.15) is 0 Å². The molecule has 0 spiro atoms. The van der Waals surface area contributed by atoms with Crippen molar-refractivity contribution in [2.75, 3.05) is 0 Å². The first-order chi connectivity index (χ1) is 12.5. The number of aryl methyl sites for hydroxylation is 2. The van der Waals surface area contributed by atoms with Crippen molar-refractivity contribution in [3.8, 4) is 10.6 Å². The molecule has 0 saturated carbocycles. The van der Waals surface area contributed by atoms with Crippen molar-refractivity contribution in [3.63, 3.8) is 0 Å². The van der Waals surface area contributed by atoms with Gasteiger partial charge in [0.15, 0.2) is 6.10 Å². The minimum atomic E-state index is -0.855. The Bertz CT molecular complexity index is 930. The molecular formula is C21H19NO3S. The maximum absolute atomic E-state index is 12.5. The summed E-state index contributed by atoms with van der Waals surface area (Å²) >= 11 is 1.28. The van der Waals surface area contributed by atoms with Gasteiger partial charge in [-0.15, -0.1) is 11.3 Å². The summed E-state index contributed by atoms with van der Waals surface area (Å²) in [6.07, 6.45) is -0.855. The van der Waals surface area contributed by atoms with Crippen LogP contribution in [0.15, 0.2) is 54.6 Å². The van der Waals surface area contributed by atoms with E-state index >= 15 is 0 Å². The quantitative estimate of drug-likeness (QED) is 0.479. The Kier molecular flexibility index (Phi) is 5.28. The van der Waals surface area contributed by atoms with Crippen LogP contribution in [0.2, 0.25) is 0 Å². The van der Waals surface area contributed by atoms with Crippen LogP contribution in [-0.4, -0.2) is 22.8 Å². The molecule has 0 aliphatic heterocycles. The molecule has 1 unspecified atom stereocenters. The number of rotatable bonds is 5. The van der Waals surface area contributed by atoms with Gasteiger partial charge in [-0.05, 0) is 20.8 Å². The van der Waals surface area contributed by atoms with Crippen LogP contribution in [0.4, 0.5) is 0 Å². The number of hydrogen-bond donors (Lipinski definition) is 0. The number of esters is 1. The molecule has 0 aliphatic carbocycles. The van der Waals surface area contributed by atoms with E-state index in [0.29, 0.717) is 16.1 Å². The fourth-order valence-electron chi connectivity index (χ4n) is 2.51. The fraction of sp³-hybridized carbons (Fsp3) is 0.190. The Balaban J connectivity index is 1.74. The monoisotopic (exact) mass is 365 g/mol. The second-order valence-corrected chi connectivity index (χ2v) is 7.08. The molecule has 26 heavy (non-hydrogen) atoms. The molecule has 4 nitrogen and oxygen atoms in total. The molecule has 1 aromatic heterocycles. The van der Waals surface area contributed by atoms with Crippen LogP contribution >= 0.6 is 11.3 Å². The zero-order valence-electron chi connectivity index (χ0n) is 14.9. The lowest BCUT2D eigenvalue weighted by Crippen LogP contribution is -2.24. The predicted molar refractivity (Wildman–Crippen MR) is 103 cm³/mol. The van der Waals surface area contributed by atoms with Crippen molar-refractivity contribution in [3.05, 3.63) is 76.3 Å². The lowest BCUT2D eigenvalue weighted by Gasteiger charge is -2.12. The van der Waals surface area contributed by atoms with E-state index < -0.39 is 12.1 Å². The van der Waals surface area contributed by atoms with Gasteiger partial charge in [-0.3, -0.25) is 4.79 Å². The molecular weight excluding hydrogens is 346 g/mol. The third-order valence-electron chi connectivity index (χ3n) is 3.99. The number of carbonyl (C=O) groups excluding carboxylic acids is 2. The lowest BCUT2D eigenvalue weighted by atomic mass is 10.1. The van der Waals surface area contributed by atoms with Crippen LogP contribution in [-0.2, 0) is 4.74 Å². The highest BCUT2D eigenvalue weighted by atomic mass is 32.1. The Morgan fingerprint density at radius 3 is 2.31 bits per heavy atom. The topological polar surface area (TPSA) is 56.3 Å². The number of nitrogens with zero attached hydrogens (tertiary/aromatic N) is 1. The van der Waals surface area contributed by atoms with Crippen molar-refractivity contribution in [1.29, 1.82) is 0 Å². The predicted octanol–water partition coefficient (Wildman–Crippen LogP) is 4.86. The van der Waals surface area contributed by atoms with Crippen molar-refractivity contribution in [2.24, 2.45) is 0 Å². The number of benzene rings is 2. The second kappa shape index (κ2) is 7.62. The zero-order chi connectivity index (χ0) is 18.7. The van der Waals surface area contributed by atoms with Crippen LogP contribution in [0.5, 0.6) is 0 Å². The molecule has 3 rings (SSSR count). The highest BCUT2D eigenvalue weighted by molar-refractivity contribution is 7.17. The minimum absolute atomic E-state index is 0.219. The number of Topliss-reactive ketones (excluding diaryl/α,β-unsaturated/α-hetero) is 1. The van der Waals surface area contributed by atoms with Crippen molar-refractivity contribution >= 4 is 23.1 Å². The first-order valence-electron chi connectivity index (χ1n) is 8.30. The summed E-state index contributed by atoms with van der Waals surface area (Å²) in [5.74, 6) is -0.737. The van der Waals surface area contributed by atoms with Crippen molar-refractivity contribution < 1.29 is 14.3 Å². The lowest BCUT2D eigenvalue weighted by molar-refractivity contribution is 0.0322. The molecule has 0 radical (unpaired) electrons. The van der Waals surface area contributed by atoms with Gasteiger partial charge in [-0.1, -0.05) is 60.2 Å². The summed E-state index contributed by atoms with van der Waals surface area (Å²) < 4.78 is 5.39. The third kappa shape index (κ3) is 3.89. The molecule has 0 fully saturated rings. The molecule has 0 amide bonds. The molecule has 5 heteroatoms. The van der Waals surface area contributed by atoms with Crippen LogP contribution in [0.25, 0.3) is 10.6 Å². The van der Waals surface area contributed by atoms with Crippen molar-refractivity contribution in [1.82, 2.24) is 4.98 Å². The number of thiazole rings is 1. The Hall–Kier alpha value is -2.79. The van der Waals surface area contributed by atoms with Crippen LogP contribution in [0.1, 0.15) is 38.2 Å². The number of ether oxygens (including phenoxy) is 1. The summed E-state index contributed by atoms with van der Waals surface area (Å²) in [5, 5.41) is 0.757. The number of aromatic nitrogens is 1. The average molecular weight is 365 g/mol. The molecule has 0 N–H and O–H groups in total. The Morgan fingerprint density at radius 1 is 1.00 bits per heavy atom. The molecule has 0 saturated heterocycles. The van der Waals surface area contributed by atoms with E-state index in [-0.39, 0.29) is 5.78 Å². The minimum Gasteiger partial charge on any atom is -0.450 e. The summed E-state index contributed by atoms with van der Waals surface area (Å²) in [7, 11) is 0. The Labute approximate surface area is 156 Å². The van der Waals surface area contributed by atoms with Gasteiger partial charge < -0.3 is 4.74 Å². The third-order valence-corrected chi connectivity index (χ3v) is 5.18. The molecule has 0 bridgehead atoms. The average Bonchev–Trinajstić information content (AvgIpc) is 3.04. The molecule has 1 heterocycles. The van der Waals surface area contributed by atoms with E-state index in [1.54, 1.807) is 26.0 Å². The maximum Gasteiger partial charge on any atom is 0.350 e. The highest BCUT2D eigenvalue weighted by Gasteiger charge is 2.23. The summed E-state index contributed by atoms with van der Waals surface area (Å²) in [6.45, 7) is 5.31. The smallest absolute Gasteiger partial charge is 0.350 e. The maximum atomic E-state index is 12.5. The van der Waals surface area contributed by atoms with E-state index in [2.05, 4.69) is 4.98 Å². The first-order valence-corrected chi connectivity index (χ1v) is 9.12. The summed E-state index contributed by atoms with van der Waals surface area (Å²) in [4.78, 5) is 29.8. The number of ketones is 1. The van der Waals surface area contributed by atoms with Crippen LogP contribution in [0, 0.1) is 13.8 Å². The Morgan fingerprint density at radius 2 is 1.65 bits per heavy atom. The zero-order valence-corrected chi connectivity index (χ0v) is 15.7. The van der Waals surface area contributed by atoms with Gasteiger partial charge in [-0.25, -0.2) is 9.78 Å². The molecule has 1 atom stereocenters. The van der Waals surface area contributed by atoms with Gasteiger partial charge >= 0.3 is 5.97 Å². The van der Waals surface area contributed by atoms with Crippen LogP contribution < -0.4 is 0 Å². The second-order valence-electron chi connectivity index (χ2n) is 6.08. The molecule has 0 aliphatic rings. The van der Waals surface area contributed by atoms with E-state index in [1.807, 2.05) is 49.4 Å². The van der Waals surface area contributed by atoms with Gasteiger partial charge in [0.2, 0.25) is 5.78 Å². The molecule has 132 valence electrons. The van der Waals surface area contributed by atoms with Gasteiger partial charge in [0.25, 0.3) is 0 Å². The molecule has 2 aromatic carbocycles. The largest absolute Gasteiger partial charge is 0.450 e. The molecule has 3 aromatic rings. The highest BCUT2D eigenvalue weighted by Crippen LogP contribution is 2.28. The standard InChI is InChI=1S/C21H19NO3S/c1-13-9-11-16(12-10-13)18(23)15(3)25-21(24)19-14(2)22-20(26-19)17-7-5-4-6-8-17/h4-12,15H,1-3H3. The van der Waals surface area contributed by atoms with Gasteiger partial charge in [0.1, 0.15) is 9.88 Å². The number of hydrogen-bond acceptors (Lipinski definition) is 5. The van der Waals surface area contributed by atoms with E-state index in [9.17, 15) is 9.59 Å². The number of carbonyl (C=O) groups is 2. The van der Waals surface area contributed by atoms with E-state index in [0.717, 1.165) is 16.1 Å². The van der Waals surface area contributed by atoms with Gasteiger partial charge in [0.05, 0.1) is 5.69 Å². The van der Waals surface area contributed by atoms with E-state index in [4.69, 9.17) is 4.74 Å². The van der Waals surface area contributed by atoms with Crippen molar-refractivity contribution in [2.45, 2.75) is 26.9 Å². The summed E-state index contributed by atoms with van der Waals surface area (Å²) in [6, 6.07) is 16.9. The normalized spacial score (nSPS) is 11.8.